The van der Waals surface area contributed by atoms with Gasteiger partial charge in [0.25, 0.3) is 0 Å². The number of methoxy groups -OCH3 is 1. The van der Waals surface area contributed by atoms with Crippen molar-refractivity contribution in [1.29, 1.82) is 0 Å². The number of amides is 2. The van der Waals surface area contributed by atoms with E-state index >= 15 is 0 Å². The van der Waals surface area contributed by atoms with Crippen molar-refractivity contribution in [3.63, 3.8) is 0 Å². The normalized spacial score (nSPS) is 12.5. The first kappa shape index (κ1) is 24.4. The molecule has 2 amide bonds. The Labute approximate surface area is 172 Å². The van der Waals surface area contributed by atoms with E-state index in [0.717, 1.165) is 31.2 Å². The Kier molecular flexibility index (Phi) is 12.1. The van der Waals surface area contributed by atoms with Gasteiger partial charge in [0.1, 0.15) is 12.6 Å². The molecule has 3 N–H and O–H groups in total. The minimum Gasteiger partial charge on any atom is -0.467 e. The maximum absolute atomic E-state index is 12.1. The Morgan fingerprint density at radius 2 is 1.83 bits per heavy atom. The summed E-state index contributed by atoms with van der Waals surface area (Å²) in [5, 5.41) is 15.0. The summed E-state index contributed by atoms with van der Waals surface area (Å²) in [7, 11) is 1.27. The minimum absolute atomic E-state index is 0.113. The van der Waals surface area contributed by atoms with E-state index in [4.69, 9.17) is 9.47 Å². The maximum Gasteiger partial charge on any atom is 0.407 e. The lowest BCUT2D eigenvalue weighted by Gasteiger charge is -2.18. The van der Waals surface area contributed by atoms with Gasteiger partial charge in [-0.3, -0.25) is 4.79 Å². The number of esters is 1. The molecule has 0 fully saturated rings. The fraction of sp³-hybridized carbons (Fsp3) is 0.571. The quantitative estimate of drug-likeness (QED) is 0.341. The molecule has 162 valence electrons. The largest absolute Gasteiger partial charge is 0.467 e. The Balaban J connectivity index is 2.31. The predicted molar refractivity (Wildman–Crippen MR) is 108 cm³/mol. The SMILES string of the molecule is CCCCCC[C@@H](NC(=O)C[C@@H](O)CNC(=O)OCc1ccccc1)C(=O)OC. The molecular weight excluding hydrogens is 376 g/mol. The molecule has 29 heavy (non-hydrogen) atoms. The first-order valence-electron chi connectivity index (χ1n) is 9.96. The van der Waals surface area contributed by atoms with Crippen molar-refractivity contribution in [3.05, 3.63) is 35.9 Å². The number of ether oxygens (including phenoxy) is 2. The zero-order valence-electron chi connectivity index (χ0n) is 17.2. The van der Waals surface area contributed by atoms with Gasteiger partial charge in [-0.05, 0) is 12.0 Å². The van der Waals surface area contributed by atoms with Crippen LogP contribution in [0.5, 0.6) is 0 Å². The second-order valence-electron chi connectivity index (χ2n) is 6.79. The van der Waals surface area contributed by atoms with E-state index in [1.54, 1.807) is 0 Å². The van der Waals surface area contributed by atoms with Crippen molar-refractivity contribution in [2.75, 3.05) is 13.7 Å². The van der Waals surface area contributed by atoms with E-state index in [2.05, 4.69) is 17.6 Å². The number of hydrogen-bond donors (Lipinski definition) is 3. The van der Waals surface area contributed by atoms with E-state index in [1.807, 2.05) is 30.3 Å². The highest BCUT2D eigenvalue weighted by atomic mass is 16.5. The second-order valence-corrected chi connectivity index (χ2v) is 6.79. The van der Waals surface area contributed by atoms with Crippen LogP contribution in [-0.2, 0) is 25.7 Å². The molecule has 0 spiro atoms. The van der Waals surface area contributed by atoms with Gasteiger partial charge >= 0.3 is 12.1 Å². The molecule has 1 rings (SSSR count). The van der Waals surface area contributed by atoms with Crippen LogP contribution in [0.1, 0.15) is 51.0 Å². The molecule has 0 aliphatic heterocycles. The standard InChI is InChI=1S/C21H32N2O6/c1-3-4-5-9-12-18(20(26)28-2)23-19(25)13-17(24)14-22-21(27)29-15-16-10-7-6-8-11-16/h6-8,10-11,17-18,24H,3-5,9,12-15H2,1-2H3,(H,22,27)(H,23,25)/t17-,18-/m1/s1. The average molecular weight is 408 g/mol. The van der Waals surface area contributed by atoms with Crippen molar-refractivity contribution >= 4 is 18.0 Å². The highest BCUT2D eigenvalue weighted by Crippen LogP contribution is 2.07. The van der Waals surface area contributed by atoms with Crippen LogP contribution in [0.4, 0.5) is 4.79 Å². The fourth-order valence-electron chi connectivity index (χ4n) is 2.68. The lowest BCUT2D eigenvalue weighted by Crippen LogP contribution is -2.43. The van der Waals surface area contributed by atoms with Crippen LogP contribution in [0, 0.1) is 0 Å². The molecule has 1 aromatic rings. The number of hydrogen-bond acceptors (Lipinski definition) is 6. The van der Waals surface area contributed by atoms with Gasteiger partial charge in [0.15, 0.2) is 0 Å². The van der Waals surface area contributed by atoms with Crippen molar-refractivity contribution in [1.82, 2.24) is 10.6 Å². The first-order chi connectivity index (χ1) is 14.0. The van der Waals surface area contributed by atoms with Gasteiger partial charge in [0.2, 0.25) is 5.91 Å². The van der Waals surface area contributed by atoms with Gasteiger partial charge in [-0.1, -0.05) is 62.9 Å². The van der Waals surface area contributed by atoms with Gasteiger partial charge in [-0.25, -0.2) is 9.59 Å². The number of rotatable bonds is 13. The van der Waals surface area contributed by atoms with Crippen LogP contribution in [0.2, 0.25) is 0 Å². The van der Waals surface area contributed by atoms with Crippen LogP contribution in [0.25, 0.3) is 0 Å². The zero-order chi connectivity index (χ0) is 21.5. The van der Waals surface area contributed by atoms with Gasteiger partial charge in [-0.2, -0.15) is 0 Å². The summed E-state index contributed by atoms with van der Waals surface area (Å²) in [6.07, 6.45) is 2.35. The van der Waals surface area contributed by atoms with Gasteiger partial charge in [0.05, 0.1) is 19.6 Å². The lowest BCUT2D eigenvalue weighted by molar-refractivity contribution is -0.145. The Hall–Kier alpha value is -2.61. The van der Waals surface area contributed by atoms with E-state index < -0.39 is 30.1 Å². The number of alkyl carbamates (subject to hydrolysis) is 1. The molecular formula is C21H32N2O6. The minimum atomic E-state index is -1.10. The molecule has 0 aliphatic rings. The summed E-state index contributed by atoms with van der Waals surface area (Å²) in [4.78, 5) is 35.6. The van der Waals surface area contributed by atoms with Crippen LogP contribution < -0.4 is 10.6 Å². The third-order valence-electron chi connectivity index (χ3n) is 4.28. The molecule has 0 unspecified atom stereocenters. The van der Waals surface area contributed by atoms with Crippen molar-refractivity contribution < 1.29 is 29.0 Å². The number of unbranched alkanes of at least 4 members (excludes halogenated alkanes) is 3. The third kappa shape index (κ3) is 11.1. The van der Waals surface area contributed by atoms with E-state index in [-0.39, 0.29) is 19.6 Å². The molecule has 0 saturated carbocycles. The smallest absolute Gasteiger partial charge is 0.407 e. The summed E-state index contributed by atoms with van der Waals surface area (Å²) in [6, 6.07) is 8.45. The monoisotopic (exact) mass is 408 g/mol. The molecule has 1 aromatic carbocycles. The lowest BCUT2D eigenvalue weighted by atomic mass is 10.1. The molecule has 8 heteroatoms. The van der Waals surface area contributed by atoms with Gasteiger partial charge in [0, 0.05) is 6.54 Å². The first-order valence-corrected chi connectivity index (χ1v) is 9.96. The van der Waals surface area contributed by atoms with Gasteiger partial charge < -0.3 is 25.2 Å². The van der Waals surface area contributed by atoms with E-state index in [0.29, 0.717) is 6.42 Å². The fourth-order valence-corrected chi connectivity index (χ4v) is 2.68. The number of carbonyl (C=O) groups is 3. The molecule has 0 heterocycles. The van der Waals surface area contributed by atoms with Crippen LogP contribution >= 0.6 is 0 Å². The Bertz CT molecular complexity index is 623. The van der Waals surface area contributed by atoms with Crippen molar-refractivity contribution in [3.8, 4) is 0 Å². The van der Waals surface area contributed by atoms with Crippen molar-refractivity contribution in [2.24, 2.45) is 0 Å². The Morgan fingerprint density at radius 3 is 2.48 bits per heavy atom. The molecule has 0 aliphatic carbocycles. The average Bonchev–Trinajstić information content (AvgIpc) is 2.73. The van der Waals surface area contributed by atoms with Crippen LogP contribution in [-0.4, -0.2) is 48.9 Å². The Morgan fingerprint density at radius 1 is 1.10 bits per heavy atom. The molecule has 0 saturated heterocycles. The summed E-state index contributed by atoms with van der Waals surface area (Å²) in [5.74, 6) is -0.991. The number of aliphatic hydroxyl groups excluding tert-OH is 1. The molecule has 2 atom stereocenters. The number of aliphatic hydroxyl groups is 1. The van der Waals surface area contributed by atoms with E-state index in [1.165, 1.54) is 7.11 Å². The maximum atomic E-state index is 12.1. The third-order valence-corrected chi connectivity index (χ3v) is 4.28. The van der Waals surface area contributed by atoms with E-state index in [9.17, 15) is 19.5 Å². The zero-order valence-corrected chi connectivity index (χ0v) is 17.2. The molecule has 0 aromatic heterocycles. The van der Waals surface area contributed by atoms with Crippen LogP contribution in [0.3, 0.4) is 0 Å². The number of carbonyl (C=O) groups excluding carboxylic acids is 3. The predicted octanol–water partition coefficient (Wildman–Crippen LogP) is 2.29. The highest BCUT2D eigenvalue weighted by Gasteiger charge is 2.22. The summed E-state index contributed by atoms with van der Waals surface area (Å²) >= 11 is 0. The molecule has 0 radical (unpaired) electrons. The molecule has 0 bridgehead atoms. The topological polar surface area (TPSA) is 114 Å². The van der Waals surface area contributed by atoms with Crippen LogP contribution in [0.15, 0.2) is 30.3 Å². The van der Waals surface area contributed by atoms with Gasteiger partial charge in [-0.15, -0.1) is 0 Å². The molecule has 8 nitrogen and oxygen atoms in total. The number of nitrogens with one attached hydrogen (secondary N) is 2. The summed E-state index contributed by atoms with van der Waals surface area (Å²) in [5.41, 5.74) is 0.843. The number of benzene rings is 1. The summed E-state index contributed by atoms with van der Waals surface area (Å²) in [6.45, 7) is 2.06. The van der Waals surface area contributed by atoms with Crippen molar-refractivity contribution in [2.45, 2.75) is 64.2 Å². The summed E-state index contributed by atoms with van der Waals surface area (Å²) < 4.78 is 9.76. The highest BCUT2D eigenvalue weighted by molar-refractivity contribution is 5.84. The second kappa shape index (κ2) is 14.4.